The van der Waals surface area contributed by atoms with Crippen molar-refractivity contribution in [3.05, 3.63) is 59.7 Å². The smallest absolute Gasteiger partial charge is 0.257 e. The van der Waals surface area contributed by atoms with Crippen molar-refractivity contribution in [2.24, 2.45) is 5.73 Å². The first-order valence-corrected chi connectivity index (χ1v) is 8.12. The van der Waals surface area contributed by atoms with Gasteiger partial charge in [0.2, 0.25) is 5.91 Å². The Morgan fingerprint density at radius 2 is 1.69 bits per heavy atom. The molecule has 140 valence electrons. The van der Waals surface area contributed by atoms with Gasteiger partial charge in [0.25, 0.3) is 5.91 Å². The molecule has 0 aliphatic carbocycles. The van der Waals surface area contributed by atoms with E-state index < -0.39 is 6.04 Å². The minimum atomic E-state index is -0.741. The summed E-state index contributed by atoms with van der Waals surface area (Å²) in [7, 11) is 0. The summed E-state index contributed by atoms with van der Waals surface area (Å²) in [6, 6.07) is 13.6. The number of nitrogens with two attached hydrogens (primary N) is 1. The van der Waals surface area contributed by atoms with Gasteiger partial charge in [0.1, 0.15) is 11.8 Å². The molecule has 0 aliphatic heterocycles. The summed E-state index contributed by atoms with van der Waals surface area (Å²) < 4.78 is 5.36. The molecule has 6 nitrogen and oxygen atoms in total. The van der Waals surface area contributed by atoms with Crippen LogP contribution in [0.15, 0.2) is 48.5 Å². The van der Waals surface area contributed by atoms with E-state index in [0.29, 0.717) is 18.0 Å². The van der Waals surface area contributed by atoms with Crippen LogP contribution in [0.25, 0.3) is 0 Å². The Morgan fingerprint density at radius 1 is 1.08 bits per heavy atom. The van der Waals surface area contributed by atoms with Crippen molar-refractivity contribution in [1.82, 2.24) is 5.32 Å². The number of anilines is 1. The largest absolute Gasteiger partial charge is 0.484 e. The van der Waals surface area contributed by atoms with Crippen molar-refractivity contribution in [3.8, 4) is 5.75 Å². The molecule has 0 saturated carbocycles. The molecule has 0 spiro atoms. The first kappa shape index (κ1) is 21.5. The van der Waals surface area contributed by atoms with Gasteiger partial charge in [-0.1, -0.05) is 29.8 Å². The second-order valence-corrected chi connectivity index (χ2v) is 5.64. The summed E-state index contributed by atoms with van der Waals surface area (Å²) in [5, 5.41) is 5.42. The molecule has 4 N–H and O–H groups in total. The Hall–Kier alpha value is -2.57. The summed E-state index contributed by atoms with van der Waals surface area (Å²) >= 11 is 0. The van der Waals surface area contributed by atoms with Gasteiger partial charge in [-0.05, 0) is 43.7 Å². The SMILES string of the molecule is CCNC(=O)COc1ccc(NC(=O)C(N)c2ccc(C)cc2)cc1.Cl. The van der Waals surface area contributed by atoms with E-state index >= 15 is 0 Å². The number of benzene rings is 2. The Kier molecular flexibility index (Phi) is 8.61. The average molecular weight is 378 g/mol. The lowest BCUT2D eigenvalue weighted by atomic mass is 10.1. The van der Waals surface area contributed by atoms with Gasteiger partial charge in [0.05, 0.1) is 0 Å². The average Bonchev–Trinajstić information content (AvgIpc) is 2.61. The Bertz CT molecular complexity index is 718. The van der Waals surface area contributed by atoms with Crippen molar-refractivity contribution >= 4 is 29.9 Å². The van der Waals surface area contributed by atoms with Gasteiger partial charge >= 0.3 is 0 Å². The highest BCUT2D eigenvalue weighted by atomic mass is 35.5. The number of hydrogen-bond donors (Lipinski definition) is 3. The minimum absolute atomic E-state index is 0. The third-order valence-electron chi connectivity index (χ3n) is 3.58. The molecular weight excluding hydrogens is 354 g/mol. The standard InChI is InChI=1S/C19H23N3O3.ClH/c1-3-21-17(23)12-25-16-10-8-15(9-11-16)22-19(24)18(20)14-6-4-13(2)5-7-14;/h4-11,18H,3,12,20H2,1-2H3,(H,21,23)(H,22,24);1H. The molecule has 7 heteroatoms. The molecule has 0 saturated heterocycles. The number of rotatable bonds is 7. The molecule has 1 atom stereocenters. The van der Waals surface area contributed by atoms with Crippen LogP contribution < -0.4 is 21.1 Å². The van der Waals surface area contributed by atoms with Crippen LogP contribution in [0, 0.1) is 6.92 Å². The fourth-order valence-electron chi connectivity index (χ4n) is 2.18. The van der Waals surface area contributed by atoms with Crippen molar-refractivity contribution < 1.29 is 14.3 Å². The van der Waals surface area contributed by atoms with E-state index in [1.807, 2.05) is 38.1 Å². The van der Waals surface area contributed by atoms with Crippen molar-refractivity contribution in [1.29, 1.82) is 0 Å². The maximum absolute atomic E-state index is 12.2. The van der Waals surface area contributed by atoms with E-state index in [1.54, 1.807) is 24.3 Å². The number of ether oxygens (including phenoxy) is 1. The van der Waals surface area contributed by atoms with Gasteiger partial charge in [0.15, 0.2) is 6.61 Å². The molecule has 0 heterocycles. The quantitative estimate of drug-likeness (QED) is 0.691. The summed E-state index contributed by atoms with van der Waals surface area (Å²) in [5.41, 5.74) is 8.47. The minimum Gasteiger partial charge on any atom is -0.484 e. The number of carbonyl (C=O) groups is 2. The van der Waals surface area contributed by atoms with Gasteiger partial charge in [-0.2, -0.15) is 0 Å². The number of likely N-dealkylation sites (N-methyl/N-ethyl adjacent to an activating group) is 1. The van der Waals surface area contributed by atoms with E-state index in [2.05, 4.69) is 10.6 Å². The molecule has 2 aromatic carbocycles. The van der Waals surface area contributed by atoms with Crippen LogP contribution in [0.3, 0.4) is 0 Å². The van der Waals surface area contributed by atoms with Gasteiger partial charge < -0.3 is 21.1 Å². The number of carbonyl (C=O) groups excluding carboxylic acids is 2. The molecule has 0 radical (unpaired) electrons. The molecule has 0 aliphatic rings. The summed E-state index contributed by atoms with van der Waals surface area (Å²) in [6.45, 7) is 4.34. The highest BCUT2D eigenvalue weighted by molar-refractivity contribution is 5.95. The van der Waals surface area contributed by atoms with Crippen LogP contribution >= 0.6 is 12.4 Å². The number of hydrogen-bond acceptors (Lipinski definition) is 4. The van der Waals surface area contributed by atoms with E-state index in [9.17, 15) is 9.59 Å². The summed E-state index contributed by atoms with van der Waals surface area (Å²) in [5.74, 6) is 0.0795. The second-order valence-electron chi connectivity index (χ2n) is 5.64. The fourth-order valence-corrected chi connectivity index (χ4v) is 2.18. The Balaban J connectivity index is 0.00000338. The third kappa shape index (κ3) is 6.38. The monoisotopic (exact) mass is 377 g/mol. The van der Waals surface area contributed by atoms with E-state index in [0.717, 1.165) is 11.1 Å². The highest BCUT2D eigenvalue weighted by Crippen LogP contribution is 2.18. The van der Waals surface area contributed by atoms with Crippen LogP contribution in [-0.4, -0.2) is 25.0 Å². The molecule has 1 unspecified atom stereocenters. The third-order valence-corrected chi connectivity index (χ3v) is 3.58. The summed E-state index contributed by atoms with van der Waals surface area (Å²) in [4.78, 5) is 23.6. The lowest BCUT2D eigenvalue weighted by molar-refractivity contribution is -0.123. The van der Waals surface area contributed by atoms with E-state index in [-0.39, 0.29) is 30.8 Å². The number of amides is 2. The predicted molar refractivity (Wildman–Crippen MR) is 105 cm³/mol. The Morgan fingerprint density at radius 3 is 2.27 bits per heavy atom. The Labute approximate surface area is 159 Å². The van der Waals surface area contributed by atoms with Gasteiger partial charge in [-0.15, -0.1) is 12.4 Å². The zero-order chi connectivity index (χ0) is 18.2. The lowest BCUT2D eigenvalue weighted by Gasteiger charge is -2.13. The number of aryl methyl sites for hydroxylation is 1. The summed E-state index contributed by atoms with van der Waals surface area (Å²) in [6.07, 6.45) is 0. The van der Waals surface area contributed by atoms with Crippen LogP contribution in [0.1, 0.15) is 24.1 Å². The van der Waals surface area contributed by atoms with Crippen molar-refractivity contribution in [2.45, 2.75) is 19.9 Å². The van der Waals surface area contributed by atoms with E-state index in [4.69, 9.17) is 10.5 Å². The van der Waals surface area contributed by atoms with Crippen molar-refractivity contribution in [3.63, 3.8) is 0 Å². The normalized spacial score (nSPS) is 11.0. The molecule has 26 heavy (non-hydrogen) atoms. The second kappa shape index (κ2) is 10.4. The lowest BCUT2D eigenvalue weighted by Crippen LogP contribution is -2.28. The van der Waals surface area contributed by atoms with Crippen LogP contribution in [0.5, 0.6) is 5.75 Å². The molecule has 2 amide bonds. The topological polar surface area (TPSA) is 93.5 Å². The maximum atomic E-state index is 12.2. The molecule has 2 aromatic rings. The van der Waals surface area contributed by atoms with Crippen LogP contribution in [0.4, 0.5) is 5.69 Å². The van der Waals surface area contributed by atoms with Crippen LogP contribution in [-0.2, 0) is 9.59 Å². The van der Waals surface area contributed by atoms with Gasteiger partial charge in [-0.25, -0.2) is 0 Å². The van der Waals surface area contributed by atoms with E-state index in [1.165, 1.54) is 0 Å². The molecule has 0 aromatic heterocycles. The predicted octanol–water partition coefficient (Wildman–Crippen LogP) is 2.57. The van der Waals surface area contributed by atoms with Crippen molar-refractivity contribution in [2.75, 3.05) is 18.5 Å². The van der Waals surface area contributed by atoms with Gasteiger partial charge in [0, 0.05) is 12.2 Å². The zero-order valence-electron chi connectivity index (χ0n) is 14.8. The van der Waals surface area contributed by atoms with Gasteiger partial charge in [-0.3, -0.25) is 9.59 Å². The highest BCUT2D eigenvalue weighted by Gasteiger charge is 2.15. The first-order valence-electron chi connectivity index (χ1n) is 8.12. The molecule has 0 bridgehead atoms. The maximum Gasteiger partial charge on any atom is 0.257 e. The number of halogens is 1. The molecule has 0 fully saturated rings. The fraction of sp³-hybridized carbons (Fsp3) is 0.263. The molecule has 2 rings (SSSR count). The number of nitrogens with one attached hydrogen (secondary N) is 2. The first-order chi connectivity index (χ1) is 12.0. The zero-order valence-corrected chi connectivity index (χ0v) is 15.6. The van der Waals surface area contributed by atoms with Crippen LogP contribution in [0.2, 0.25) is 0 Å². The molecular formula is C19H24ClN3O3.